The van der Waals surface area contributed by atoms with Crippen LogP contribution in [0.15, 0.2) is 34.6 Å². The first-order valence-electron chi connectivity index (χ1n) is 9.91. The first kappa shape index (κ1) is 19.2. The lowest BCUT2D eigenvalue weighted by Crippen LogP contribution is -2.41. The third-order valence-electron chi connectivity index (χ3n) is 5.54. The van der Waals surface area contributed by atoms with Gasteiger partial charge >= 0.3 is 0 Å². The molecule has 2 aliphatic rings. The number of ether oxygens (including phenoxy) is 2. The molecule has 6 nitrogen and oxygen atoms in total. The first-order valence-corrected chi connectivity index (χ1v) is 10.8. The highest BCUT2D eigenvalue weighted by Crippen LogP contribution is 2.38. The molecule has 2 aliphatic heterocycles. The molecule has 1 unspecified atom stereocenters. The Labute approximate surface area is 170 Å². The van der Waals surface area contributed by atoms with Gasteiger partial charge in [0.05, 0.1) is 26.0 Å². The van der Waals surface area contributed by atoms with Crippen LogP contribution in [-0.4, -0.2) is 55.8 Å². The number of hydrogen-bond donors (Lipinski definition) is 1. The number of benzene rings is 1. The van der Waals surface area contributed by atoms with Gasteiger partial charge in [0.2, 0.25) is 0 Å². The predicted molar refractivity (Wildman–Crippen MR) is 113 cm³/mol. The van der Waals surface area contributed by atoms with Crippen molar-refractivity contribution in [2.75, 3.05) is 40.0 Å². The van der Waals surface area contributed by atoms with Crippen LogP contribution in [-0.2, 0) is 11.3 Å². The Hall–Kier alpha value is -2.12. The Bertz CT molecular complexity index is 812. The fourth-order valence-electron chi connectivity index (χ4n) is 3.91. The monoisotopic (exact) mass is 400 g/mol. The molecule has 1 N–H and O–H groups in total. The fraction of sp³-hybridized carbons (Fsp3) is 0.524. The summed E-state index contributed by atoms with van der Waals surface area (Å²) in [6.07, 6.45) is 2.36. The normalized spacial score (nSPS) is 22.2. The molecule has 1 aromatic carbocycles. The Morgan fingerprint density at radius 1 is 1.36 bits per heavy atom. The van der Waals surface area contributed by atoms with Crippen molar-refractivity contribution in [1.82, 2.24) is 15.2 Å². The Kier molecular flexibility index (Phi) is 5.82. The molecule has 2 saturated heterocycles. The predicted octanol–water partition coefficient (Wildman–Crippen LogP) is 3.40. The zero-order chi connectivity index (χ0) is 19.4. The molecule has 28 heavy (non-hydrogen) atoms. The molecule has 0 saturated carbocycles. The topological polar surface area (TPSA) is 59.0 Å². The molecule has 1 atom stereocenters. The van der Waals surface area contributed by atoms with E-state index in [0.717, 1.165) is 60.8 Å². The largest absolute Gasteiger partial charge is 0.497 e. The molecular weight excluding hydrogens is 372 g/mol. The van der Waals surface area contributed by atoms with E-state index >= 15 is 0 Å². The summed E-state index contributed by atoms with van der Waals surface area (Å²) in [4.78, 5) is 12.0. The van der Waals surface area contributed by atoms with Crippen molar-refractivity contribution in [2.24, 2.45) is 10.4 Å². The number of rotatable bonds is 5. The number of likely N-dealkylation sites (tertiary alicyclic amines) is 1. The highest BCUT2D eigenvalue weighted by atomic mass is 32.1. The average molecular weight is 401 g/mol. The van der Waals surface area contributed by atoms with Gasteiger partial charge in [-0.1, -0.05) is 0 Å². The molecular formula is C21H28N4O2S. The van der Waals surface area contributed by atoms with Gasteiger partial charge in [0.1, 0.15) is 10.8 Å². The van der Waals surface area contributed by atoms with Crippen LogP contribution in [0.1, 0.15) is 25.5 Å². The molecule has 150 valence electrons. The minimum absolute atomic E-state index is 0.332. The van der Waals surface area contributed by atoms with Crippen LogP contribution in [0.2, 0.25) is 0 Å². The number of nitrogens with zero attached hydrogens (tertiary/aromatic N) is 3. The summed E-state index contributed by atoms with van der Waals surface area (Å²) in [7, 11) is 1.68. The number of aromatic nitrogens is 1. The van der Waals surface area contributed by atoms with Crippen LogP contribution in [0.25, 0.3) is 10.6 Å². The van der Waals surface area contributed by atoms with E-state index in [1.54, 1.807) is 18.4 Å². The van der Waals surface area contributed by atoms with Gasteiger partial charge in [-0.3, -0.25) is 0 Å². The Morgan fingerprint density at radius 3 is 2.93 bits per heavy atom. The van der Waals surface area contributed by atoms with Gasteiger partial charge in [0.25, 0.3) is 0 Å². The van der Waals surface area contributed by atoms with Crippen LogP contribution >= 0.6 is 11.3 Å². The molecule has 0 amide bonds. The number of methoxy groups -OCH3 is 1. The summed E-state index contributed by atoms with van der Waals surface area (Å²) in [6, 6.07) is 8.02. The van der Waals surface area contributed by atoms with E-state index in [-0.39, 0.29) is 0 Å². The summed E-state index contributed by atoms with van der Waals surface area (Å²) in [5, 5.41) is 6.56. The second-order valence-corrected chi connectivity index (χ2v) is 8.37. The molecule has 1 aromatic heterocycles. The van der Waals surface area contributed by atoms with E-state index in [4.69, 9.17) is 19.5 Å². The van der Waals surface area contributed by atoms with E-state index < -0.39 is 0 Å². The molecule has 7 heteroatoms. The van der Waals surface area contributed by atoms with E-state index in [2.05, 4.69) is 22.5 Å². The van der Waals surface area contributed by atoms with E-state index in [9.17, 15) is 0 Å². The fourth-order valence-corrected chi connectivity index (χ4v) is 4.73. The lowest BCUT2D eigenvalue weighted by atomic mass is 9.87. The Balaban J connectivity index is 1.43. The van der Waals surface area contributed by atoms with Crippen LogP contribution in [0.3, 0.4) is 0 Å². The summed E-state index contributed by atoms with van der Waals surface area (Å²) in [6.45, 7) is 7.44. The third-order valence-corrected chi connectivity index (χ3v) is 6.48. The molecule has 2 aromatic rings. The van der Waals surface area contributed by atoms with Crippen molar-refractivity contribution in [3.63, 3.8) is 0 Å². The molecule has 0 bridgehead atoms. The van der Waals surface area contributed by atoms with Crippen LogP contribution in [0.4, 0.5) is 0 Å². The van der Waals surface area contributed by atoms with Crippen LogP contribution < -0.4 is 10.1 Å². The van der Waals surface area contributed by atoms with E-state index in [1.165, 1.54) is 12.8 Å². The Morgan fingerprint density at radius 2 is 2.21 bits per heavy atom. The summed E-state index contributed by atoms with van der Waals surface area (Å²) in [5.41, 5.74) is 2.44. The quantitative estimate of drug-likeness (QED) is 0.616. The van der Waals surface area contributed by atoms with Crippen molar-refractivity contribution >= 4 is 17.3 Å². The molecule has 1 spiro atoms. The number of thiazole rings is 1. The smallest absolute Gasteiger partial charge is 0.194 e. The molecule has 2 fully saturated rings. The minimum atomic E-state index is 0.332. The lowest BCUT2D eigenvalue weighted by molar-refractivity contribution is 0.156. The van der Waals surface area contributed by atoms with Crippen molar-refractivity contribution in [1.29, 1.82) is 0 Å². The molecule has 0 aliphatic carbocycles. The molecule has 4 rings (SSSR count). The molecule has 3 heterocycles. The highest BCUT2D eigenvalue weighted by Gasteiger charge is 2.42. The second kappa shape index (κ2) is 8.49. The maximum atomic E-state index is 5.66. The van der Waals surface area contributed by atoms with Gasteiger partial charge in [-0.2, -0.15) is 0 Å². The summed E-state index contributed by atoms with van der Waals surface area (Å²) in [5.74, 6) is 1.85. The summed E-state index contributed by atoms with van der Waals surface area (Å²) < 4.78 is 10.9. The standard InChI is InChI=1S/C21H28N4O2S/c1-3-22-20(25-10-8-21(14-25)9-11-27-15-21)23-12-17-13-28-19(24-17)16-4-6-18(26-2)7-5-16/h4-7,13H,3,8-12,14-15H2,1-2H3,(H,22,23). The number of hydrogen-bond acceptors (Lipinski definition) is 5. The third kappa shape index (κ3) is 4.15. The minimum Gasteiger partial charge on any atom is -0.497 e. The van der Waals surface area contributed by atoms with Gasteiger partial charge in [-0.15, -0.1) is 11.3 Å². The van der Waals surface area contributed by atoms with Gasteiger partial charge in [-0.25, -0.2) is 9.98 Å². The SMILES string of the molecule is CCNC(=NCc1csc(-c2ccc(OC)cc2)n1)N1CCC2(CCOC2)C1. The maximum absolute atomic E-state index is 5.66. The number of nitrogens with one attached hydrogen (secondary N) is 1. The van der Waals surface area contributed by atoms with Crippen molar-refractivity contribution in [2.45, 2.75) is 26.3 Å². The lowest BCUT2D eigenvalue weighted by Gasteiger charge is -2.24. The van der Waals surface area contributed by atoms with Crippen molar-refractivity contribution < 1.29 is 9.47 Å². The second-order valence-electron chi connectivity index (χ2n) is 7.52. The highest BCUT2D eigenvalue weighted by molar-refractivity contribution is 7.13. The van der Waals surface area contributed by atoms with Crippen LogP contribution in [0.5, 0.6) is 5.75 Å². The van der Waals surface area contributed by atoms with Gasteiger partial charge in [0.15, 0.2) is 5.96 Å². The average Bonchev–Trinajstić information content (AvgIpc) is 3.48. The van der Waals surface area contributed by atoms with Gasteiger partial charge < -0.3 is 19.7 Å². The molecule has 0 radical (unpaired) electrons. The van der Waals surface area contributed by atoms with Gasteiger partial charge in [0, 0.05) is 42.6 Å². The van der Waals surface area contributed by atoms with Crippen molar-refractivity contribution in [3.8, 4) is 16.3 Å². The van der Waals surface area contributed by atoms with Gasteiger partial charge in [-0.05, 0) is 44.0 Å². The maximum Gasteiger partial charge on any atom is 0.194 e. The first-order chi connectivity index (χ1) is 13.7. The number of aliphatic imine (C=N–C) groups is 1. The van der Waals surface area contributed by atoms with E-state index in [0.29, 0.717) is 12.0 Å². The zero-order valence-corrected chi connectivity index (χ0v) is 17.4. The number of guanidine groups is 1. The zero-order valence-electron chi connectivity index (χ0n) is 16.6. The van der Waals surface area contributed by atoms with Crippen LogP contribution in [0, 0.1) is 5.41 Å². The summed E-state index contributed by atoms with van der Waals surface area (Å²) >= 11 is 1.66. The van der Waals surface area contributed by atoms with Crippen molar-refractivity contribution in [3.05, 3.63) is 35.3 Å². The van der Waals surface area contributed by atoms with E-state index in [1.807, 2.05) is 24.3 Å².